The molecule has 2 aromatic heterocycles. The second kappa shape index (κ2) is 7.61. The number of aromatic nitrogens is 3. The number of carbonyl (C=O) groups excluding carboxylic acids is 1. The molecule has 0 fully saturated rings. The number of rotatable bonds is 6. The van der Waals surface area contributed by atoms with Crippen molar-refractivity contribution < 1.29 is 4.79 Å². The first-order valence-corrected chi connectivity index (χ1v) is 9.24. The predicted octanol–water partition coefficient (Wildman–Crippen LogP) is 4.01. The molecule has 0 aliphatic heterocycles. The summed E-state index contributed by atoms with van der Waals surface area (Å²) < 4.78 is 1.93. The molecule has 0 aliphatic rings. The second-order valence-electron chi connectivity index (χ2n) is 6.25. The molecule has 1 N–H and O–H groups in total. The van der Waals surface area contributed by atoms with Gasteiger partial charge in [0.1, 0.15) is 16.9 Å². The number of amides is 1. The fraction of sp³-hybridized carbons (Fsp3) is 0.316. The van der Waals surface area contributed by atoms with E-state index in [9.17, 15) is 4.79 Å². The van der Waals surface area contributed by atoms with Crippen molar-refractivity contribution in [1.29, 1.82) is 0 Å². The standard InChI is InChI=1S/C19H22N4OS/c1-13(2)17-20-9-10-23(17)14(3)18(24)21-11-16-12-25-19(22-16)15-7-5-4-6-8-15/h4-10,12-14H,11H2,1-3H3,(H,21,24)/t14-/m0/s1. The van der Waals surface area contributed by atoms with Crippen molar-refractivity contribution in [3.8, 4) is 10.6 Å². The van der Waals surface area contributed by atoms with E-state index < -0.39 is 0 Å². The Bertz CT molecular complexity index is 838. The molecule has 0 spiro atoms. The normalized spacial score (nSPS) is 12.3. The highest BCUT2D eigenvalue weighted by Crippen LogP contribution is 2.23. The molecule has 3 rings (SSSR count). The molecular formula is C19H22N4OS. The van der Waals surface area contributed by atoms with Crippen LogP contribution in [0.15, 0.2) is 48.1 Å². The Labute approximate surface area is 151 Å². The van der Waals surface area contributed by atoms with Gasteiger partial charge in [-0.2, -0.15) is 0 Å². The van der Waals surface area contributed by atoms with Crippen LogP contribution >= 0.6 is 11.3 Å². The molecule has 1 amide bonds. The Morgan fingerprint density at radius 1 is 1.24 bits per heavy atom. The third-order valence-electron chi connectivity index (χ3n) is 4.03. The molecule has 2 heterocycles. The maximum Gasteiger partial charge on any atom is 0.243 e. The van der Waals surface area contributed by atoms with Gasteiger partial charge in [0, 0.05) is 29.3 Å². The summed E-state index contributed by atoms with van der Waals surface area (Å²) in [6.45, 7) is 6.46. The van der Waals surface area contributed by atoms with Crippen LogP contribution in [0.2, 0.25) is 0 Å². The summed E-state index contributed by atoms with van der Waals surface area (Å²) >= 11 is 1.59. The summed E-state index contributed by atoms with van der Waals surface area (Å²) in [7, 11) is 0. The number of imidazole rings is 1. The molecule has 0 saturated carbocycles. The number of carbonyl (C=O) groups is 1. The van der Waals surface area contributed by atoms with E-state index in [1.807, 2.05) is 53.4 Å². The number of nitrogens with one attached hydrogen (secondary N) is 1. The molecule has 5 nitrogen and oxygen atoms in total. The minimum atomic E-state index is -0.299. The highest BCUT2D eigenvalue weighted by molar-refractivity contribution is 7.13. The minimum absolute atomic E-state index is 0.0332. The molecule has 0 unspecified atom stereocenters. The van der Waals surface area contributed by atoms with Crippen molar-refractivity contribution in [1.82, 2.24) is 19.9 Å². The van der Waals surface area contributed by atoms with Gasteiger partial charge in [-0.15, -0.1) is 11.3 Å². The Morgan fingerprint density at radius 2 is 2.00 bits per heavy atom. The monoisotopic (exact) mass is 354 g/mol. The number of hydrogen-bond acceptors (Lipinski definition) is 4. The first-order valence-electron chi connectivity index (χ1n) is 8.36. The van der Waals surface area contributed by atoms with Crippen molar-refractivity contribution >= 4 is 17.2 Å². The SMILES string of the molecule is CC(C)c1nccn1[C@@H](C)C(=O)NCc1csc(-c2ccccc2)n1. The highest BCUT2D eigenvalue weighted by Gasteiger charge is 2.19. The highest BCUT2D eigenvalue weighted by atomic mass is 32.1. The van der Waals surface area contributed by atoms with Crippen molar-refractivity contribution in [3.63, 3.8) is 0 Å². The van der Waals surface area contributed by atoms with Crippen LogP contribution in [0.4, 0.5) is 0 Å². The maximum absolute atomic E-state index is 12.5. The summed E-state index contributed by atoms with van der Waals surface area (Å²) in [5, 5.41) is 5.93. The van der Waals surface area contributed by atoms with Gasteiger partial charge in [-0.25, -0.2) is 9.97 Å². The van der Waals surface area contributed by atoms with Gasteiger partial charge in [0.2, 0.25) is 5.91 Å². The Hall–Kier alpha value is -2.47. The van der Waals surface area contributed by atoms with Crippen LogP contribution in [0.3, 0.4) is 0 Å². The summed E-state index contributed by atoms with van der Waals surface area (Å²) in [5.74, 6) is 1.16. The van der Waals surface area contributed by atoms with Gasteiger partial charge >= 0.3 is 0 Å². The summed E-state index contributed by atoms with van der Waals surface area (Å²) in [4.78, 5) is 21.4. The van der Waals surface area contributed by atoms with Gasteiger partial charge in [0.15, 0.2) is 0 Å². The van der Waals surface area contributed by atoms with Crippen LogP contribution < -0.4 is 5.32 Å². The fourth-order valence-corrected chi connectivity index (χ4v) is 3.48. The maximum atomic E-state index is 12.5. The third-order valence-corrected chi connectivity index (χ3v) is 4.97. The summed E-state index contributed by atoms with van der Waals surface area (Å²) in [6.07, 6.45) is 3.60. The quantitative estimate of drug-likeness (QED) is 0.728. The smallest absolute Gasteiger partial charge is 0.243 e. The number of nitrogens with zero attached hydrogens (tertiary/aromatic N) is 3. The first kappa shape index (κ1) is 17.4. The van der Waals surface area contributed by atoms with E-state index in [0.29, 0.717) is 6.54 Å². The molecule has 0 bridgehead atoms. The topological polar surface area (TPSA) is 59.8 Å². The number of benzene rings is 1. The third kappa shape index (κ3) is 3.96. The van der Waals surface area contributed by atoms with E-state index in [4.69, 9.17) is 0 Å². The lowest BCUT2D eigenvalue weighted by molar-refractivity contribution is -0.124. The lowest BCUT2D eigenvalue weighted by Gasteiger charge is -2.17. The molecule has 3 aromatic rings. The lowest BCUT2D eigenvalue weighted by Crippen LogP contribution is -2.31. The molecule has 1 aromatic carbocycles. The number of hydrogen-bond donors (Lipinski definition) is 1. The van der Waals surface area contributed by atoms with Gasteiger partial charge in [-0.1, -0.05) is 44.2 Å². The minimum Gasteiger partial charge on any atom is -0.349 e. The summed E-state index contributed by atoms with van der Waals surface area (Å²) in [5.41, 5.74) is 1.97. The second-order valence-corrected chi connectivity index (χ2v) is 7.11. The average molecular weight is 354 g/mol. The molecule has 0 aliphatic carbocycles. The lowest BCUT2D eigenvalue weighted by atomic mass is 10.2. The largest absolute Gasteiger partial charge is 0.349 e. The van der Waals surface area contributed by atoms with Gasteiger partial charge in [-0.3, -0.25) is 4.79 Å². The van der Waals surface area contributed by atoms with Crippen molar-refractivity contribution in [2.75, 3.05) is 0 Å². The van der Waals surface area contributed by atoms with Crippen LogP contribution in [-0.2, 0) is 11.3 Å². The van der Waals surface area contributed by atoms with Crippen LogP contribution in [0.5, 0.6) is 0 Å². The summed E-state index contributed by atoms with van der Waals surface area (Å²) in [6, 6.07) is 9.76. The zero-order chi connectivity index (χ0) is 17.8. The Balaban J connectivity index is 1.63. The zero-order valence-electron chi connectivity index (χ0n) is 14.6. The van der Waals surface area contributed by atoms with E-state index in [1.165, 1.54) is 0 Å². The van der Waals surface area contributed by atoms with Crippen molar-refractivity contribution in [3.05, 3.63) is 59.6 Å². The van der Waals surface area contributed by atoms with Crippen LogP contribution in [0.1, 0.15) is 44.2 Å². The van der Waals surface area contributed by atoms with Gasteiger partial charge in [-0.05, 0) is 6.92 Å². The van der Waals surface area contributed by atoms with E-state index in [1.54, 1.807) is 17.5 Å². The molecule has 0 radical (unpaired) electrons. The molecule has 1 atom stereocenters. The Kier molecular flexibility index (Phi) is 5.28. The van der Waals surface area contributed by atoms with E-state index >= 15 is 0 Å². The molecule has 25 heavy (non-hydrogen) atoms. The number of thiazole rings is 1. The van der Waals surface area contributed by atoms with E-state index in [2.05, 4.69) is 29.1 Å². The van der Waals surface area contributed by atoms with Crippen molar-refractivity contribution in [2.45, 2.75) is 39.3 Å². The van der Waals surface area contributed by atoms with Gasteiger partial charge < -0.3 is 9.88 Å². The Morgan fingerprint density at radius 3 is 2.72 bits per heavy atom. The average Bonchev–Trinajstić information content (AvgIpc) is 3.29. The molecule has 0 saturated heterocycles. The molecular weight excluding hydrogens is 332 g/mol. The van der Waals surface area contributed by atoms with E-state index in [0.717, 1.165) is 22.1 Å². The first-order chi connectivity index (χ1) is 12.1. The van der Waals surface area contributed by atoms with Crippen LogP contribution in [0, 0.1) is 0 Å². The fourth-order valence-electron chi connectivity index (χ4n) is 2.65. The molecule has 130 valence electrons. The predicted molar refractivity (Wildman–Crippen MR) is 100 cm³/mol. The van der Waals surface area contributed by atoms with E-state index in [-0.39, 0.29) is 17.9 Å². The van der Waals surface area contributed by atoms with Gasteiger partial charge in [0.25, 0.3) is 0 Å². The zero-order valence-corrected chi connectivity index (χ0v) is 15.5. The van der Waals surface area contributed by atoms with Gasteiger partial charge in [0.05, 0.1) is 12.2 Å². The van der Waals surface area contributed by atoms with Crippen LogP contribution in [0.25, 0.3) is 10.6 Å². The van der Waals surface area contributed by atoms with Crippen molar-refractivity contribution in [2.24, 2.45) is 0 Å². The van der Waals surface area contributed by atoms with Crippen LogP contribution in [-0.4, -0.2) is 20.4 Å². The molecule has 6 heteroatoms.